The summed E-state index contributed by atoms with van der Waals surface area (Å²) < 4.78 is 10.3. The van der Waals surface area contributed by atoms with Gasteiger partial charge in [0.05, 0.1) is 0 Å². The minimum absolute atomic E-state index is 0.209. The summed E-state index contributed by atoms with van der Waals surface area (Å²) >= 11 is 3.25. The average molecular weight is 277 g/mol. The molecule has 2 aliphatic heterocycles. The Morgan fingerprint density at radius 2 is 2.07 bits per heavy atom. The zero-order chi connectivity index (χ0) is 11.3. The molecule has 2 aliphatic rings. The van der Waals surface area contributed by atoms with E-state index in [2.05, 4.69) is 15.9 Å². The van der Waals surface area contributed by atoms with Gasteiger partial charge in [0.2, 0.25) is 0 Å². The number of ether oxygens (including phenoxy) is 2. The third-order valence-electron chi connectivity index (χ3n) is 2.90. The van der Waals surface area contributed by atoms with Crippen LogP contribution in [0.2, 0.25) is 0 Å². The van der Waals surface area contributed by atoms with Gasteiger partial charge in [-0.05, 0) is 13.8 Å². The number of carbonyl (C=O) groups is 2. The van der Waals surface area contributed by atoms with Crippen LogP contribution in [0.4, 0.5) is 0 Å². The molecule has 0 aliphatic carbocycles. The Hall–Kier alpha value is -0.580. The Labute approximate surface area is 96.4 Å². The SMILES string of the molecule is CC1(C)C[C@]2(C[C@@H](CBr)OC2=O)C(=O)O1. The van der Waals surface area contributed by atoms with Crippen molar-refractivity contribution in [1.29, 1.82) is 0 Å². The fourth-order valence-electron chi connectivity index (χ4n) is 2.36. The first kappa shape index (κ1) is 10.9. The highest BCUT2D eigenvalue weighted by Gasteiger charge is 2.63. The molecule has 2 heterocycles. The van der Waals surface area contributed by atoms with E-state index in [1.165, 1.54) is 0 Å². The van der Waals surface area contributed by atoms with E-state index in [-0.39, 0.29) is 6.10 Å². The van der Waals surface area contributed by atoms with E-state index in [1.54, 1.807) is 0 Å². The molecule has 0 saturated carbocycles. The summed E-state index contributed by atoms with van der Waals surface area (Å²) in [6, 6.07) is 0. The molecule has 1 spiro atoms. The zero-order valence-corrected chi connectivity index (χ0v) is 10.3. The smallest absolute Gasteiger partial charge is 0.324 e. The molecule has 0 aromatic carbocycles. The molecule has 0 bridgehead atoms. The van der Waals surface area contributed by atoms with Gasteiger partial charge in [-0.3, -0.25) is 9.59 Å². The minimum Gasteiger partial charge on any atom is -0.461 e. The van der Waals surface area contributed by atoms with E-state index >= 15 is 0 Å². The van der Waals surface area contributed by atoms with Gasteiger partial charge in [-0.1, -0.05) is 15.9 Å². The third kappa shape index (κ3) is 1.57. The maximum atomic E-state index is 11.7. The predicted molar refractivity (Wildman–Crippen MR) is 55.5 cm³/mol. The van der Waals surface area contributed by atoms with Crippen LogP contribution in [0.15, 0.2) is 0 Å². The third-order valence-corrected chi connectivity index (χ3v) is 3.62. The zero-order valence-electron chi connectivity index (χ0n) is 8.71. The van der Waals surface area contributed by atoms with Gasteiger partial charge >= 0.3 is 11.9 Å². The minimum atomic E-state index is -1.04. The molecule has 2 rings (SSSR count). The van der Waals surface area contributed by atoms with Crippen LogP contribution < -0.4 is 0 Å². The lowest BCUT2D eigenvalue weighted by atomic mass is 9.79. The van der Waals surface area contributed by atoms with E-state index in [1.807, 2.05) is 13.8 Å². The number of cyclic esters (lactones) is 2. The van der Waals surface area contributed by atoms with E-state index < -0.39 is 23.0 Å². The van der Waals surface area contributed by atoms with Crippen LogP contribution in [0.3, 0.4) is 0 Å². The number of carbonyl (C=O) groups excluding carboxylic acids is 2. The van der Waals surface area contributed by atoms with Crippen molar-refractivity contribution in [2.24, 2.45) is 5.41 Å². The number of alkyl halides is 1. The van der Waals surface area contributed by atoms with Crippen LogP contribution in [-0.2, 0) is 19.1 Å². The summed E-state index contributed by atoms with van der Waals surface area (Å²) in [6.07, 6.45) is 0.638. The van der Waals surface area contributed by atoms with Gasteiger partial charge in [0.25, 0.3) is 0 Å². The molecule has 2 saturated heterocycles. The second kappa shape index (κ2) is 3.20. The normalized spacial score (nSPS) is 38.2. The van der Waals surface area contributed by atoms with Crippen molar-refractivity contribution < 1.29 is 19.1 Å². The Kier molecular flexibility index (Phi) is 2.33. The summed E-state index contributed by atoms with van der Waals surface area (Å²) in [4.78, 5) is 23.5. The molecule has 0 aromatic rings. The first-order valence-corrected chi connectivity index (χ1v) is 6.02. The van der Waals surface area contributed by atoms with Gasteiger partial charge in [-0.2, -0.15) is 0 Å². The number of hydrogen-bond donors (Lipinski definition) is 0. The van der Waals surface area contributed by atoms with Gasteiger partial charge < -0.3 is 9.47 Å². The van der Waals surface area contributed by atoms with Crippen molar-refractivity contribution in [1.82, 2.24) is 0 Å². The quantitative estimate of drug-likeness (QED) is 0.413. The van der Waals surface area contributed by atoms with Crippen molar-refractivity contribution in [3.05, 3.63) is 0 Å². The number of hydrogen-bond acceptors (Lipinski definition) is 4. The molecule has 0 amide bonds. The van der Waals surface area contributed by atoms with Crippen LogP contribution in [0.25, 0.3) is 0 Å². The number of halogens is 1. The fourth-order valence-corrected chi connectivity index (χ4v) is 2.72. The summed E-state index contributed by atoms with van der Waals surface area (Å²) in [7, 11) is 0. The van der Waals surface area contributed by atoms with Gasteiger partial charge in [0.1, 0.15) is 11.7 Å². The maximum Gasteiger partial charge on any atom is 0.324 e. The van der Waals surface area contributed by atoms with E-state index in [0.717, 1.165) is 0 Å². The lowest BCUT2D eigenvalue weighted by Gasteiger charge is -2.15. The molecule has 0 radical (unpaired) electrons. The van der Waals surface area contributed by atoms with E-state index in [9.17, 15) is 9.59 Å². The highest BCUT2D eigenvalue weighted by atomic mass is 79.9. The van der Waals surface area contributed by atoms with Crippen molar-refractivity contribution >= 4 is 27.9 Å². The molecular formula is C10H13BrO4. The van der Waals surface area contributed by atoms with Gasteiger partial charge in [-0.15, -0.1) is 0 Å². The highest BCUT2D eigenvalue weighted by Crippen LogP contribution is 2.48. The molecule has 0 unspecified atom stereocenters. The van der Waals surface area contributed by atoms with Crippen molar-refractivity contribution in [2.75, 3.05) is 5.33 Å². The van der Waals surface area contributed by atoms with Crippen molar-refractivity contribution in [3.8, 4) is 0 Å². The van der Waals surface area contributed by atoms with E-state index in [4.69, 9.17) is 9.47 Å². The Bertz CT molecular complexity index is 325. The Morgan fingerprint density at radius 3 is 2.47 bits per heavy atom. The fraction of sp³-hybridized carbons (Fsp3) is 0.800. The first-order valence-electron chi connectivity index (χ1n) is 4.90. The Balaban J connectivity index is 2.28. The van der Waals surface area contributed by atoms with Crippen molar-refractivity contribution in [3.63, 3.8) is 0 Å². The summed E-state index contributed by atoms with van der Waals surface area (Å²) in [5, 5.41) is 0.564. The van der Waals surface area contributed by atoms with Crippen molar-refractivity contribution in [2.45, 2.75) is 38.4 Å². The number of esters is 2. The van der Waals surface area contributed by atoms with Gasteiger partial charge in [0, 0.05) is 18.2 Å². The summed E-state index contributed by atoms with van der Waals surface area (Å²) in [6.45, 7) is 3.63. The lowest BCUT2D eigenvalue weighted by molar-refractivity contribution is -0.159. The van der Waals surface area contributed by atoms with Crippen LogP contribution in [0.1, 0.15) is 26.7 Å². The average Bonchev–Trinajstić information content (AvgIpc) is 2.53. The van der Waals surface area contributed by atoms with Crippen LogP contribution in [-0.4, -0.2) is 29.0 Å². The summed E-state index contributed by atoms with van der Waals surface area (Å²) in [5.41, 5.74) is -1.60. The first-order chi connectivity index (χ1) is 6.89. The topological polar surface area (TPSA) is 52.6 Å². The molecule has 0 N–H and O–H groups in total. The van der Waals surface area contributed by atoms with Gasteiger partial charge in [0.15, 0.2) is 5.41 Å². The Morgan fingerprint density at radius 1 is 1.40 bits per heavy atom. The highest BCUT2D eigenvalue weighted by molar-refractivity contribution is 9.09. The molecule has 2 atom stereocenters. The van der Waals surface area contributed by atoms with Crippen LogP contribution in [0, 0.1) is 5.41 Å². The molecule has 15 heavy (non-hydrogen) atoms. The largest absolute Gasteiger partial charge is 0.461 e. The molecular weight excluding hydrogens is 264 g/mol. The monoisotopic (exact) mass is 276 g/mol. The molecule has 4 nitrogen and oxygen atoms in total. The standard InChI is InChI=1S/C10H13BrO4/c1-9(2)5-10(8(13)15-9)3-6(4-11)14-7(10)12/h6H,3-5H2,1-2H3/t6-,10-/m0/s1. The second-order valence-corrected chi connectivity index (χ2v) is 5.44. The molecule has 2 fully saturated rings. The van der Waals surface area contributed by atoms with Crippen LogP contribution in [0.5, 0.6) is 0 Å². The van der Waals surface area contributed by atoms with Crippen LogP contribution >= 0.6 is 15.9 Å². The van der Waals surface area contributed by atoms with Gasteiger partial charge in [-0.25, -0.2) is 0 Å². The predicted octanol–water partition coefficient (Wildman–Crippen LogP) is 1.41. The van der Waals surface area contributed by atoms with E-state index in [0.29, 0.717) is 18.2 Å². The molecule has 0 aromatic heterocycles. The second-order valence-electron chi connectivity index (χ2n) is 4.79. The number of rotatable bonds is 1. The maximum absolute atomic E-state index is 11.7. The summed E-state index contributed by atoms with van der Waals surface area (Å²) in [5.74, 6) is -0.858. The lowest BCUT2D eigenvalue weighted by Crippen LogP contribution is -2.31. The molecule has 5 heteroatoms. The molecule has 84 valence electrons.